The van der Waals surface area contributed by atoms with Crippen molar-refractivity contribution < 1.29 is 62.0 Å². The zero-order valence-corrected chi connectivity index (χ0v) is 51.9. The zero-order chi connectivity index (χ0) is 54.8. The molecule has 0 saturated heterocycles. The smallest absolute Gasteiger partial charge is 0.478 e. The van der Waals surface area contributed by atoms with Crippen molar-refractivity contribution in [1.82, 2.24) is 0 Å². The summed E-state index contributed by atoms with van der Waals surface area (Å²) in [4.78, 5) is 51.6. The summed E-state index contributed by atoms with van der Waals surface area (Å²) in [6.07, 6.45) is 5.84. The minimum atomic E-state index is -1.62. The second-order valence-electron chi connectivity index (χ2n) is 17.1. The Bertz CT molecular complexity index is 2570. The van der Waals surface area contributed by atoms with Crippen molar-refractivity contribution in [3.63, 3.8) is 0 Å². The maximum atomic E-state index is 12.9. The van der Waals surface area contributed by atoms with Crippen LogP contribution in [0.4, 0.5) is 0 Å². The molecule has 0 heterocycles. The molecular weight excluding hydrogens is 1340 g/mol. The van der Waals surface area contributed by atoms with Gasteiger partial charge in [0, 0.05) is 0 Å². The first-order valence-electron chi connectivity index (χ1n) is 25.3. The first-order valence-corrected chi connectivity index (χ1v) is 34.7. The SMILES string of the molecule is CCC[CH2][Sn+2][CH2]CCC.O=C(O)/C(=C(\C(=O)O)P(c1ccccc1)c1ccccc1)P(c1ccccc1)c1ccccc1.O=C(O)/C(=C(\C(=O)O)P(c1ccccc1)c1ccccc1)P(c1ccccc1)c1ccccc1.[Au+]. The van der Waals surface area contributed by atoms with E-state index in [-0.39, 0.29) is 64.8 Å². The Hall–Kier alpha value is -5.62. The van der Waals surface area contributed by atoms with Gasteiger partial charge in [-0.05, 0) is 74.1 Å². The number of carbonyl (C=O) groups is 4. The second kappa shape index (κ2) is 34.4. The van der Waals surface area contributed by atoms with Crippen molar-refractivity contribution in [2.75, 3.05) is 0 Å². The van der Waals surface area contributed by atoms with Gasteiger partial charge in [-0.15, -0.1) is 0 Å². The molecule has 8 rings (SSSR count). The van der Waals surface area contributed by atoms with Crippen molar-refractivity contribution >= 4 is 119 Å². The molecule has 8 nitrogen and oxygen atoms in total. The van der Waals surface area contributed by atoms with Gasteiger partial charge in [-0.2, -0.15) is 0 Å². The normalized spacial score (nSPS) is 11.4. The number of carboxylic acid groups (broad SMARTS) is 4. The van der Waals surface area contributed by atoms with Crippen LogP contribution in [0.15, 0.2) is 264 Å². The molecule has 0 spiro atoms. The van der Waals surface area contributed by atoms with Crippen LogP contribution < -0.4 is 42.4 Å². The van der Waals surface area contributed by atoms with Crippen molar-refractivity contribution in [2.24, 2.45) is 0 Å². The van der Waals surface area contributed by atoms with Gasteiger partial charge >= 0.3 is 116 Å². The van der Waals surface area contributed by atoms with Gasteiger partial charge in [0.25, 0.3) is 0 Å². The molecule has 0 unspecified atom stereocenters. The molecule has 0 aromatic heterocycles. The van der Waals surface area contributed by atoms with E-state index in [2.05, 4.69) is 13.8 Å². The Morgan fingerprint density at radius 1 is 0.295 bits per heavy atom. The van der Waals surface area contributed by atoms with Gasteiger partial charge in [0.1, 0.15) is 0 Å². The molecule has 0 aliphatic heterocycles. The fourth-order valence-electron chi connectivity index (χ4n) is 8.19. The van der Waals surface area contributed by atoms with Crippen LogP contribution in [0.5, 0.6) is 0 Å². The molecule has 78 heavy (non-hydrogen) atoms. The molecule has 4 N–H and O–H groups in total. The van der Waals surface area contributed by atoms with Gasteiger partial charge < -0.3 is 20.4 Å². The van der Waals surface area contributed by atoms with E-state index >= 15 is 0 Å². The summed E-state index contributed by atoms with van der Waals surface area (Å²) in [6.45, 7) is 4.58. The summed E-state index contributed by atoms with van der Waals surface area (Å²) in [5, 5.41) is 48.2. The number of benzene rings is 8. The topological polar surface area (TPSA) is 149 Å². The van der Waals surface area contributed by atoms with E-state index in [4.69, 9.17) is 0 Å². The molecule has 0 atom stereocenters. The van der Waals surface area contributed by atoms with E-state index in [1.807, 2.05) is 243 Å². The largest absolute Gasteiger partial charge is 1.00 e. The van der Waals surface area contributed by atoms with Gasteiger partial charge in [-0.1, -0.05) is 243 Å². The zero-order valence-electron chi connectivity index (χ0n) is 43.3. The van der Waals surface area contributed by atoms with E-state index in [9.17, 15) is 39.6 Å². The minimum Gasteiger partial charge on any atom is -0.478 e. The molecule has 8 aromatic carbocycles. The third-order valence-electron chi connectivity index (χ3n) is 11.7. The molecule has 0 aliphatic carbocycles. The van der Waals surface area contributed by atoms with Crippen molar-refractivity contribution in [2.45, 2.75) is 48.4 Å². The average Bonchev–Trinajstić information content (AvgIpc) is 3.58. The number of carboxylic acids is 4. The van der Waals surface area contributed by atoms with Crippen LogP contribution in [-0.2, 0) is 41.6 Å². The molecule has 0 saturated carbocycles. The predicted molar refractivity (Wildman–Crippen MR) is 326 cm³/mol. The Morgan fingerprint density at radius 3 is 0.551 bits per heavy atom. The first kappa shape index (κ1) is 63.2. The van der Waals surface area contributed by atoms with Crippen LogP contribution in [0.3, 0.4) is 0 Å². The first-order chi connectivity index (χ1) is 37.6. The third kappa shape index (κ3) is 18.2. The van der Waals surface area contributed by atoms with Crippen LogP contribution in [0.1, 0.15) is 39.5 Å². The van der Waals surface area contributed by atoms with Crippen LogP contribution in [0.2, 0.25) is 8.87 Å². The Balaban J connectivity index is 0.000000246. The number of hydrogen-bond acceptors (Lipinski definition) is 4. The number of hydrogen-bond donors (Lipinski definition) is 4. The van der Waals surface area contributed by atoms with Gasteiger partial charge in [0.15, 0.2) is 0 Å². The van der Waals surface area contributed by atoms with Crippen LogP contribution in [0.25, 0.3) is 0 Å². The molecular formula is C64H62AuO8P4Sn+3. The van der Waals surface area contributed by atoms with Crippen molar-refractivity contribution in [1.29, 1.82) is 0 Å². The van der Waals surface area contributed by atoms with E-state index in [1.165, 1.54) is 25.7 Å². The van der Waals surface area contributed by atoms with Gasteiger partial charge in [-0.3, -0.25) is 0 Å². The minimum absolute atomic E-state index is 0. The van der Waals surface area contributed by atoms with E-state index in [0.29, 0.717) is 0 Å². The fraction of sp³-hybridized carbons (Fsp3) is 0.125. The van der Waals surface area contributed by atoms with E-state index in [1.54, 1.807) is 8.87 Å². The molecule has 0 bridgehead atoms. The molecule has 0 aliphatic rings. The maximum Gasteiger partial charge on any atom is 1.00 e. The average molecular weight is 1400 g/mol. The Morgan fingerprint density at radius 2 is 0.436 bits per heavy atom. The molecule has 398 valence electrons. The molecule has 14 heteroatoms. The molecule has 0 radical (unpaired) electrons. The third-order valence-corrected chi connectivity index (χ3v) is 26.0. The van der Waals surface area contributed by atoms with E-state index < -0.39 is 55.6 Å². The summed E-state index contributed by atoms with van der Waals surface area (Å²) >= 11 is 0.149. The van der Waals surface area contributed by atoms with Crippen molar-refractivity contribution in [3.05, 3.63) is 264 Å². The van der Waals surface area contributed by atoms with Crippen LogP contribution in [0, 0.1) is 0 Å². The monoisotopic (exact) mass is 1400 g/mol. The molecule has 0 amide bonds. The Kier molecular flexibility index (Phi) is 27.9. The standard InChI is InChI=1S/2C28H22O4P2.2C4H9.Au.Sn/c2*29-27(30)25(33(21-13-5-1-6-14-21)22-15-7-2-8-16-22)26(28(31)32)34(23-17-9-3-10-18-23)24-19-11-4-12-20-24;2*1-3-4-2;;/h2*1-20H,(H,29,30)(H,31,32);2*1,3-4H2,2H3;;/q;;;;+1;+2/b2*26-25-;;;;. The van der Waals surface area contributed by atoms with Crippen molar-refractivity contribution in [3.8, 4) is 0 Å². The number of unbranched alkanes of at least 4 members (excludes halogenated alkanes) is 2. The van der Waals surface area contributed by atoms with Gasteiger partial charge in [-0.25, -0.2) is 19.2 Å². The van der Waals surface area contributed by atoms with Crippen LogP contribution >= 0.6 is 31.7 Å². The predicted octanol–water partition coefficient (Wildman–Crippen LogP) is 12.4. The summed E-state index contributed by atoms with van der Waals surface area (Å²) in [5.74, 6) is -4.85. The molecule has 8 aromatic rings. The quantitative estimate of drug-likeness (QED) is 0.0227. The van der Waals surface area contributed by atoms with Gasteiger partial charge in [0.2, 0.25) is 0 Å². The van der Waals surface area contributed by atoms with E-state index in [0.717, 1.165) is 42.4 Å². The summed E-state index contributed by atoms with van der Waals surface area (Å²) in [5.41, 5.74) is 0. The summed E-state index contributed by atoms with van der Waals surface area (Å²) < 4.78 is 3.25. The Labute approximate surface area is 489 Å². The number of aliphatic carboxylic acids is 4. The number of rotatable bonds is 22. The summed E-state index contributed by atoms with van der Waals surface area (Å²) in [7, 11) is -6.49. The van der Waals surface area contributed by atoms with Gasteiger partial charge in [0.05, 0.1) is 21.3 Å². The molecule has 0 fully saturated rings. The fourth-order valence-corrected chi connectivity index (χ4v) is 22.6. The summed E-state index contributed by atoms with van der Waals surface area (Å²) in [6, 6.07) is 74.5. The second-order valence-corrected chi connectivity index (χ2v) is 30.0. The maximum absolute atomic E-state index is 12.9. The van der Waals surface area contributed by atoms with Crippen LogP contribution in [-0.4, -0.2) is 65.4 Å².